The van der Waals surface area contributed by atoms with E-state index in [-0.39, 0.29) is 18.1 Å². The van der Waals surface area contributed by atoms with E-state index in [0.29, 0.717) is 0 Å². The van der Waals surface area contributed by atoms with Crippen LogP contribution < -0.4 is 0 Å². The summed E-state index contributed by atoms with van der Waals surface area (Å²) in [6.45, 7) is 0. The summed E-state index contributed by atoms with van der Waals surface area (Å²) in [6.07, 6.45) is 1.69. The highest BCUT2D eigenvalue weighted by atomic mass is 35.5. The Morgan fingerprint density at radius 3 is 2.25 bits per heavy atom. The molecule has 0 spiro atoms. The third kappa shape index (κ3) is 2.55. The molecule has 0 N–H and O–H groups in total. The maximum atomic E-state index is 10.4. The molecule has 0 aliphatic carbocycles. The third-order valence-electron chi connectivity index (χ3n) is 2.04. The second kappa shape index (κ2) is 5.23. The van der Waals surface area contributed by atoms with Gasteiger partial charge in [0.15, 0.2) is 0 Å². The molecule has 82 valence electrons. The first kappa shape index (κ1) is 12.1. The smallest absolute Gasteiger partial charge is 0.258 e. The zero-order chi connectivity index (χ0) is 10.7. The summed E-state index contributed by atoms with van der Waals surface area (Å²) in [4.78, 5) is 14.2. The van der Waals surface area contributed by atoms with E-state index in [1.165, 1.54) is 12.1 Å². The Balaban J connectivity index is 0.00000128. The predicted octanol–water partition coefficient (Wildman–Crippen LogP) is 3.08. The van der Waals surface area contributed by atoms with Gasteiger partial charge >= 0.3 is 0 Å². The van der Waals surface area contributed by atoms with Crippen molar-refractivity contribution >= 4 is 18.1 Å². The van der Waals surface area contributed by atoms with Crippen molar-refractivity contribution < 1.29 is 4.92 Å². The van der Waals surface area contributed by atoms with Gasteiger partial charge < -0.3 is 0 Å². The van der Waals surface area contributed by atoms with Crippen molar-refractivity contribution in [2.45, 2.75) is 0 Å². The van der Waals surface area contributed by atoms with Crippen LogP contribution in [0, 0.1) is 10.1 Å². The Labute approximate surface area is 98.5 Å². The molecule has 1 heterocycles. The molecule has 0 amide bonds. The Morgan fingerprint density at radius 1 is 1.06 bits per heavy atom. The minimum absolute atomic E-state index is 0. The third-order valence-corrected chi connectivity index (χ3v) is 2.04. The lowest BCUT2D eigenvalue weighted by Gasteiger charge is -1.98. The summed E-state index contributed by atoms with van der Waals surface area (Å²) >= 11 is 0. The molecule has 16 heavy (non-hydrogen) atoms. The zero-order valence-electron chi connectivity index (χ0n) is 8.24. The molecule has 0 fully saturated rings. The van der Waals surface area contributed by atoms with Gasteiger partial charge in [0, 0.05) is 23.9 Å². The van der Waals surface area contributed by atoms with Gasteiger partial charge in [-0.05, 0) is 24.3 Å². The number of hydrogen-bond acceptors (Lipinski definition) is 3. The molecule has 0 atom stereocenters. The van der Waals surface area contributed by atoms with E-state index in [4.69, 9.17) is 0 Å². The molecule has 0 saturated carbocycles. The first-order chi connectivity index (χ1) is 7.27. The maximum absolute atomic E-state index is 10.4. The molecule has 4 nitrogen and oxygen atoms in total. The largest absolute Gasteiger partial charge is 0.269 e. The van der Waals surface area contributed by atoms with Crippen molar-refractivity contribution in [3.63, 3.8) is 0 Å². The summed E-state index contributed by atoms with van der Waals surface area (Å²) in [5.41, 5.74) is 1.78. The number of rotatable bonds is 2. The van der Waals surface area contributed by atoms with Gasteiger partial charge in [-0.1, -0.05) is 6.07 Å². The van der Waals surface area contributed by atoms with Crippen molar-refractivity contribution in [3.8, 4) is 11.3 Å². The van der Waals surface area contributed by atoms with Crippen LogP contribution in [0.2, 0.25) is 0 Å². The molecule has 5 heteroatoms. The van der Waals surface area contributed by atoms with Gasteiger partial charge in [0.2, 0.25) is 0 Å². The summed E-state index contributed by atoms with van der Waals surface area (Å²) in [5, 5.41) is 10.4. The molecule has 2 rings (SSSR count). The Morgan fingerprint density at radius 2 is 1.75 bits per heavy atom. The summed E-state index contributed by atoms with van der Waals surface area (Å²) in [6, 6.07) is 11.9. The fourth-order valence-electron chi connectivity index (χ4n) is 1.29. The molecule has 2 aromatic rings. The lowest BCUT2D eigenvalue weighted by atomic mass is 10.1. The second-order valence-electron chi connectivity index (χ2n) is 3.02. The Hall–Kier alpha value is -1.94. The van der Waals surface area contributed by atoms with Crippen molar-refractivity contribution in [2.24, 2.45) is 0 Å². The summed E-state index contributed by atoms with van der Waals surface area (Å²) in [7, 11) is 0. The minimum Gasteiger partial charge on any atom is -0.258 e. The topological polar surface area (TPSA) is 56.0 Å². The zero-order valence-corrected chi connectivity index (χ0v) is 9.05. The molecule has 1 aromatic heterocycles. The lowest BCUT2D eigenvalue weighted by molar-refractivity contribution is -0.384. The van der Waals surface area contributed by atoms with Gasteiger partial charge in [-0.25, -0.2) is 0 Å². The number of benzene rings is 1. The van der Waals surface area contributed by atoms with Crippen molar-refractivity contribution in [2.75, 3.05) is 0 Å². The van der Waals surface area contributed by atoms with E-state index in [0.717, 1.165) is 11.3 Å². The molecule has 1 aromatic carbocycles. The van der Waals surface area contributed by atoms with Crippen LogP contribution in [-0.4, -0.2) is 9.91 Å². The van der Waals surface area contributed by atoms with Crippen LogP contribution in [0.15, 0.2) is 48.7 Å². The average molecular weight is 237 g/mol. The highest BCUT2D eigenvalue weighted by Gasteiger charge is 2.04. The van der Waals surface area contributed by atoms with Crippen molar-refractivity contribution in [1.82, 2.24) is 4.98 Å². The van der Waals surface area contributed by atoms with E-state index >= 15 is 0 Å². The van der Waals surface area contributed by atoms with Crippen LogP contribution in [0.4, 0.5) is 5.69 Å². The van der Waals surface area contributed by atoms with Crippen molar-refractivity contribution in [1.29, 1.82) is 0 Å². The van der Waals surface area contributed by atoms with E-state index in [1.807, 2.05) is 18.2 Å². The number of aromatic nitrogens is 1. The van der Waals surface area contributed by atoms with Crippen LogP contribution in [0.1, 0.15) is 0 Å². The fraction of sp³-hybridized carbons (Fsp3) is 0. The average Bonchev–Trinajstić information content (AvgIpc) is 2.30. The molecule has 0 saturated heterocycles. The summed E-state index contributed by atoms with van der Waals surface area (Å²) < 4.78 is 0. The number of halogens is 1. The van der Waals surface area contributed by atoms with Crippen LogP contribution in [-0.2, 0) is 0 Å². The molecular formula is C11H9ClN2O2. The minimum atomic E-state index is -0.414. The van der Waals surface area contributed by atoms with E-state index in [1.54, 1.807) is 18.3 Å². The van der Waals surface area contributed by atoms with Crippen molar-refractivity contribution in [3.05, 3.63) is 58.8 Å². The molecule has 0 unspecified atom stereocenters. The van der Waals surface area contributed by atoms with Gasteiger partial charge in [0.1, 0.15) is 0 Å². The van der Waals surface area contributed by atoms with Crippen LogP contribution in [0.5, 0.6) is 0 Å². The van der Waals surface area contributed by atoms with Gasteiger partial charge in [-0.15, -0.1) is 12.4 Å². The van der Waals surface area contributed by atoms with Crippen LogP contribution in [0.25, 0.3) is 11.3 Å². The van der Waals surface area contributed by atoms with Gasteiger partial charge in [-0.3, -0.25) is 15.1 Å². The van der Waals surface area contributed by atoms with Gasteiger partial charge in [0.05, 0.1) is 10.6 Å². The molecule has 0 radical (unpaired) electrons. The first-order valence-electron chi connectivity index (χ1n) is 4.43. The van der Waals surface area contributed by atoms with E-state index < -0.39 is 4.92 Å². The predicted molar refractivity (Wildman–Crippen MR) is 63.6 cm³/mol. The monoisotopic (exact) mass is 236 g/mol. The van der Waals surface area contributed by atoms with Gasteiger partial charge in [-0.2, -0.15) is 0 Å². The highest BCUT2D eigenvalue weighted by Crippen LogP contribution is 2.19. The number of pyridine rings is 1. The van der Waals surface area contributed by atoms with E-state index in [2.05, 4.69) is 4.98 Å². The quantitative estimate of drug-likeness (QED) is 0.595. The molecule has 0 bridgehead atoms. The lowest BCUT2D eigenvalue weighted by Crippen LogP contribution is -1.87. The number of nitro groups is 1. The normalized spacial score (nSPS) is 9.25. The van der Waals surface area contributed by atoms with Crippen LogP contribution >= 0.6 is 12.4 Å². The number of hydrogen-bond donors (Lipinski definition) is 0. The number of nitrogens with zero attached hydrogens (tertiary/aromatic N) is 2. The Bertz CT molecular complexity index is 471. The number of nitro benzene ring substituents is 1. The number of non-ortho nitro benzene ring substituents is 1. The second-order valence-corrected chi connectivity index (χ2v) is 3.02. The van der Waals surface area contributed by atoms with E-state index in [9.17, 15) is 10.1 Å². The first-order valence-corrected chi connectivity index (χ1v) is 4.43. The molecule has 0 aliphatic heterocycles. The Kier molecular flexibility index (Phi) is 3.96. The maximum Gasteiger partial charge on any atom is 0.269 e. The summed E-state index contributed by atoms with van der Waals surface area (Å²) in [5.74, 6) is 0. The highest BCUT2D eigenvalue weighted by molar-refractivity contribution is 5.85. The SMILES string of the molecule is Cl.O=[N+]([O-])c1ccc(-c2ccccn2)cc1. The fourth-order valence-corrected chi connectivity index (χ4v) is 1.29. The molecule has 0 aliphatic rings. The van der Waals surface area contributed by atoms with Gasteiger partial charge in [0.25, 0.3) is 5.69 Å². The molecular weight excluding hydrogens is 228 g/mol. The van der Waals surface area contributed by atoms with Crippen LogP contribution in [0.3, 0.4) is 0 Å². The standard InChI is InChI=1S/C11H8N2O2.ClH/c14-13(15)10-6-4-9(5-7-10)11-3-1-2-8-12-11;/h1-8H;1H.